The summed E-state index contributed by atoms with van der Waals surface area (Å²) in [5.41, 5.74) is 0. The van der Waals surface area contributed by atoms with E-state index in [1.165, 1.54) is 30.8 Å². The molecule has 1 saturated carbocycles. The summed E-state index contributed by atoms with van der Waals surface area (Å²) in [4.78, 5) is 0. The Labute approximate surface area is 73.6 Å². The molecule has 1 atom stereocenters. The summed E-state index contributed by atoms with van der Waals surface area (Å²) in [6.07, 6.45) is 4.77. The zero-order chi connectivity index (χ0) is 8.10. The van der Waals surface area contributed by atoms with Gasteiger partial charge in [-0.2, -0.15) is 11.8 Å². The van der Waals surface area contributed by atoms with Crippen molar-refractivity contribution in [1.82, 2.24) is 0 Å². The Morgan fingerprint density at radius 1 is 1.55 bits per heavy atom. The molecular weight excluding hydrogens is 156 g/mol. The Balaban J connectivity index is 1.85. The van der Waals surface area contributed by atoms with Gasteiger partial charge >= 0.3 is 0 Å². The molecule has 1 N–H and O–H groups in total. The lowest BCUT2D eigenvalue weighted by Crippen LogP contribution is -2.08. The van der Waals surface area contributed by atoms with Crippen molar-refractivity contribution in [2.45, 2.75) is 38.7 Å². The van der Waals surface area contributed by atoms with Crippen molar-refractivity contribution in [3.63, 3.8) is 0 Å². The molecule has 0 aliphatic heterocycles. The molecule has 0 aromatic heterocycles. The molecular formula is C9H18OS. The third-order valence-electron chi connectivity index (χ3n) is 2.16. The first-order valence-corrected chi connectivity index (χ1v) is 5.76. The van der Waals surface area contributed by atoms with Gasteiger partial charge in [-0.05, 0) is 43.1 Å². The average Bonchev–Trinajstić information content (AvgIpc) is 2.79. The van der Waals surface area contributed by atoms with E-state index in [-0.39, 0.29) is 6.10 Å². The van der Waals surface area contributed by atoms with Gasteiger partial charge in [0.15, 0.2) is 0 Å². The minimum Gasteiger partial charge on any atom is -0.393 e. The largest absolute Gasteiger partial charge is 0.393 e. The Hall–Kier alpha value is 0.310. The van der Waals surface area contributed by atoms with E-state index in [1.807, 2.05) is 11.8 Å². The van der Waals surface area contributed by atoms with Gasteiger partial charge < -0.3 is 5.11 Å². The molecule has 0 heterocycles. The highest BCUT2D eigenvalue weighted by atomic mass is 32.2. The van der Waals surface area contributed by atoms with Crippen molar-refractivity contribution in [3.05, 3.63) is 0 Å². The summed E-state index contributed by atoms with van der Waals surface area (Å²) in [6, 6.07) is 0. The van der Waals surface area contributed by atoms with Gasteiger partial charge in [0.2, 0.25) is 0 Å². The van der Waals surface area contributed by atoms with Crippen LogP contribution in [0.1, 0.15) is 32.6 Å². The molecule has 0 radical (unpaired) electrons. The molecule has 0 bridgehead atoms. The normalized spacial score (nSPS) is 20.2. The number of hydrogen-bond donors (Lipinski definition) is 1. The summed E-state index contributed by atoms with van der Waals surface area (Å²) >= 11 is 1.97. The minimum atomic E-state index is 0.0208. The molecule has 0 saturated heterocycles. The molecule has 1 nitrogen and oxygen atoms in total. The van der Waals surface area contributed by atoms with Crippen LogP contribution in [-0.4, -0.2) is 22.7 Å². The number of hydrogen-bond acceptors (Lipinski definition) is 2. The second-order valence-corrected chi connectivity index (χ2v) is 4.64. The van der Waals surface area contributed by atoms with Crippen LogP contribution in [0.25, 0.3) is 0 Å². The zero-order valence-electron chi connectivity index (χ0n) is 7.25. The molecule has 1 fully saturated rings. The molecule has 1 aliphatic carbocycles. The van der Waals surface area contributed by atoms with Crippen molar-refractivity contribution in [3.8, 4) is 0 Å². The molecule has 1 unspecified atom stereocenters. The quantitative estimate of drug-likeness (QED) is 0.623. The Kier molecular flexibility index (Phi) is 4.31. The van der Waals surface area contributed by atoms with Crippen LogP contribution in [0.2, 0.25) is 0 Å². The van der Waals surface area contributed by atoms with Crippen LogP contribution in [0.3, 0.4) is 0 Å². The maximum atomic E-state index is 9.48. The first-order chi connectivity index (χ1) is 5.34. The molecule has 1 aliphatic rings. The topological polar surface area (TPSA) is 20.2 Å². The zero-order valence-corrected chi connectivity index (χ0v) is 8.07. The van der Waals surface area contributed by atoms with Crippen molar-refractivity contribution < 1.29 is 5.11 Å². The summed E-state index contributed by atoms with van der Waals surface area (Å²) < 4.78 is 0. The smallest absolute Gasteiger partial charge is 0.0568 e. The summed E-state index contributed by atoms with van der Waals surface area (Å²) in [6.45, 7) is 2.18. The van der Waals surface area contributed by atoms with Crippen LogP contribution < -0.4 is 0 Å². The van der Waals surface area contributed by atoms with Gasteiger partial charge in [-0.25, -0.2) is 0 Å². The lowest BCUT2D eigenvalue weighted by molar-refractivity contribution is 0.141. The Bertz CT molecular complexity index is 102. The van der Waals surface area contributed by atoms with E-state index in [4.69, 9.17) is 0 Å². The van der Waals surface area contributed by atoms with Gasteiger partial charge in [-0.1, -0.05) is 6.92 Å². The molecule has 0 aromatic carbocycles. The maximum Gasteiger partial charge on any atom is 0.0568 e. The standard InChI is InChI=1S/C9H18OS/c1-2-11-7-3-4-9(10)8-5-6-8/h8-10H,2-7H2,1H3. The first kappa shape index (κ1) is 9.40. The van der Waals surface area contributed by atoms with E-state index in [9.17, 15) is 5.11 Å². The molecule has 0 amide bonds. The number of aliphatic hydroxyl groups is 1. The highest BCUT2D eigenvalue weighted by Gasteiger charge is 2.28. The average molecular weight is 174 g/mol. The van der Waals surface area contributed by atoms with E-state index < -0.39 is 0 Å². The van der Waals surface area contributed by atoms with Crippen molar-refractivity contribution >= 4 is 11.8 Å². The van der Waals surface area contributed by atoms with Gasteiger partial charge in [0, 0.05) is 0 Å². The Morgan fingerprint density at radius 2 is 2.27 bits per heavy atom. The van der Waals surface area contributed by atoms with Crippen molar-refractivity contribution in [2.24, 2.45) is 5.92 Å². The summed E-state index contributed by atoms with van der Waals surface area (Å²) in [5, 5.41) is 9.48. The molecule has 0 spiro atoms. The van der Waals surface area contributed by atoms with Crippen molar-refractivity contribution in [1.29, 1.82) is 0 Å². The third-order valence-corrected chi connectivity index (χ3v) is 3.14. The van der Waals surface area contributed by atoms with Gasteiger partial charge in [0.05, 0.1) is 6.10 Å². The van der Waals surface area contributed by atoms with Crippen molar-refractivity contribution in [2.75, 3.05) is 11.5 Å². The van der Waals surface area contributed by atoms with Gasteiger partial charge in [-0.3, -0.25) is 0 Å². The molecule has 0 aromatic rings. The monoisotopic (exact) mass is 174 g/mol. The van der Waals surface area contributed by atoms with Gasteiger partial charge in [0.25, 0.3) is 0 Å². The fourth-order valence-electron chi connectivity index (χ4n) is 1.26. The second kappa shape index (κ2) is 5.04. The van der Waals surface area contributed by atoms with Crippen LogP contribution in [0.4, 0.5) is 0 Å². The number of thioether (sulfide) groups is 1. The fraction of sp³-hybridized carbons (Fsp3) is 1.00. The van der Waals surface area contributed by atoms with Crippen LogP contribution in [-0.2, 0) is 0 Å². The molecule has 2 heteroatoms. The predicted octanol–water partition coefficient (Wildman–Crippen LogP) is 2.29. The summed E-state index contributed by atoms with van der Waals surface area (Å²) in [5.74, 6) is 3.10. The first-order valence-electron chi connectivity index (χ1n) is 4.60. The van der Waals surface area contributed by atoms with E-state index in [0.29, 0.717) is 5.92 Å². The van der Waals surface area contributed by atoms with E-state index >= 15 is 0 Å². The van der Waals surface area contributed by atoms with E-state index in [2.05, 4.69) is 6.92 Å². The van der Waals surface area contributed by atoms with Crippen LogP contribution in [0, 0.1) is 5.92 Å². The Morgan fingerprint density at radius 3 is 2.82 bits per heavy atom. The van der Waals surface area contributed by atoms with E-state index in [0.717, 1.165) is 6.42 Å². The molecule has 66 valence electrons. The lowest BCUT2D eigenvalue weighted by Gasteiger charge is -2.07. The lowest BCUT2D eigenvalue weighted by atomic mass is 10.1. The maximum absolute atomic E-state index is 9.48. The highest BCUT2D eigenvalue weighted by molar-refractivity contribution is 7.99. The highest BCUT2D eigenvalue weighted by Crippen LogP contribution is 2.34. The van der Waals surface area contributed by atoms with E-state index in [1.54, 1.807) is 0 Å². The van der Waals surface area contributed by atoms with Crippen LogP contribution in [0.15, 0.2) is 0 Å². The summed E-state index contributed by atoms with van der Waals surface area (Å²) in [7, 11) is 0. The SMILES string of the molecule is CCSCCCC(O)C1CC1. The fourth-order valence-corrected chi connectivity index (χ4v) is 1.92. The third kappa shape index (κ3) is 4.02. The van der Waals surface area contributed by atoms with Crippen LogP contribution in [0.5, 0.6) is 0 Å². The second-order valence-electron chi connectivity index (χ2n) is 3.24. The number of rotatable bonds is 6. The van der Waals surface area contributed by atoms with Crippen LogP contribution >= 0.6 is 11.8 Å². The minimum absolute atomic E-state index is 0.0208. The predicted molar refractivity (Wildman–Crippen MR) is 51.0 cm³/mol. The van der Waals surface area contributed by atoms with Gasteiger partial charge in [-0.15, -0.1) is 0 Å². The molecule has 11 heavy (non-hydrogen) atoms. The molecule has 1 rings (SSSR count). The van der Waals surface area contributed by atoms with Gasteiger partial charge in [0.1, 0.15) is 0 Å². The number of aliphatic hydroxyl groups excluding tert-OH is 1.